The maximum absolute atomic E-state index is 13.3. The number of methoxy groups -OCH3 is 1. The molecule has 5 aromatic rings. The van der Waals surface area contributed by atoms with E-state index in [1.807, 2.05) is 43.6 Å². The molecule has 1 aliphatic rings. The molecule has 43 heavy (non-hydrogen) atoms. The summed E-state index contributed by atoms with van der Waals surface area (Å²) in [5.74, 6) is 0.334. The van der Waals surface area contributed by atoms with Gasteiger partial charge in [0.05, 0.1) is 48.8 Å². The van der Waals surface area contributed by atoms with Crippen molar-refractivity contribution >= 4 is 45.9 Å². The average Bonchev–Trinajstić information content (AvgIpc) is 3.68. The minimum absolute atomic E-state index is 0.0753. The molecule has 2 aromatic carbocycles. The number of H-pyrrole nitrogens is 1. The molecule has 0 atom stereocenters. The summed E-state index contributed by atoms with van der Waals surface area (Å²) >= 11 is 0. The van der Waals surface area contributed by atoms with E-state index in [0.29, 0.717) is 55.1 Å². The van der Waals surface area contributed by atoms with Crippen LogP contribution in [0.2, 0.25) is 0 Å². The summed E-state index contributed by atoms with van der Waals surface area (Å²) in [6, 6.07) is 17.3. The molecule has 1 fully saturated rings. The van der Waals surface area contributed by atoms with E-state index in [1.165, 1.54) is 6.08 Å². The Morgan fingerprint density at radius 3 is 2.74 bits per heavy atom. The molecule has 0 unspecified atom stereocenters. The fraction of sp³-hybridized carbons (Fsp3) is 0.194. The highest BCUT2D eigenvalue weighted by molar-refractivity contribution is 6.11. The molecular formula is C31H29N9O3. The predicted molar refractivity (Wildman–Crippen MR) is 164 cm³/mol. The molecule has 1 amide bonds. The Bertz CT molecular complexity index is 1850. The normalized spacial score (nSPS) is 13.5. The zero-order valence-corrected chi connectivity index (χ0v) is 23.7. The van der Waals surface area contributed by atoms with Gasteiger partial charge in [0.25, 0.3) is 5.91 Å². The highest BCUT2D eigenvalue weighted by Gasteiger charge is 2.22. The number of rotatable bonds is 8. The van der Waals surface area contributed by atoms with Crippen LogP contribution in [0.4, 0.5) is 23.0 Å². The lowest BCUT2D eigenvalue weighted by Gasteiger charge is -2.31. The molecule has 0 radical (unpaired) electrons. The quantitative estimate of drug-likeness (QED) is 0.180. The van der Waals surface area contributed by atoms with Gasteiger partial charge in [0.1, 0.15) is 17.4 Å². The summed E-state index contributed by atoms with van der Waals surface area (Å²) in [4.78, 5) is 24.6. The largest absolute Gasteiger partial charge is 0.494 e. The molecule has 0 spiro atoms. The Balaban J connectivity index is 1.36. The van der Waals surface area contributed by atoms with Crippen molar-refractivity contribution in [2.45, 2.75) is 0 Å². The van der Waals surface area contributed by atoms with Gasteiger partial charge in [0.2, 0.25) is 5.95 Å². The first-order valence-electron chi connectivity index (χ1n) is 13.7. The van der Waals surface area contributed by atoms with E-state index >= 15 is 0 Å². The second-order valence-electron chi connectivity index (χ2n) is 9.87. The number of nitrogens with zero attached hydrogens (tertiary/aromatic N) is 6. The van der Waals surface area contributed by atoms with Crippen LogP contribution >= 0.6 is 0 Å². The third-order valence-corrected chi connectivity index (χ3v) is 7.18. The Morgan fingerprint density at radius 1 is 1.14 bits per heavy atom. The zero-order chi connectivity index (χ0) is 29.8. The molecule has 0 aliphatic carbocycles. The van der Waals surface area contributed by atoms with E-state index in [4.69, 9.17) is 14.5 Å². The molecule has 0 saturated carbocycles. The summed E-state index contributed by atoms with van der Waals surface area (Å²) in [7, 11) is 3.58. The van der Waals surface area contributed by atoms with Crippen LogP contribution in [0, 0.1) is 11.3 Å². The van der Waals surface area contributed by atoms with Crippen LogP contribution in [0.5, 0.6) is 5.75 Å². The smallest absolute Gasteiger partial charge is 0.266 e. The van der Waals surface area contributed by atoms with Crippen molar-refractivity contribution in [2.24, 2.45) is 7.05 Å². The van der Waals surface area contributed by atoms with Gasteiger partial charge >= 0.3 is 0 Å². The number of carbonyl (C=O) groups is 1. The highest BCUT2D eigenvalue weighted by atomic mass is 16.5. The highest BCUT2D eigenvalue weighted by Crippen LogP contribution is 2.39. The van der Waals surface area contributed by atoms with Crippen LogP contribution in [-0.2, 0) is 16.6 Å². The van der Waals surface area contributed by atoms with E-state index in [9.17, 15) is 10.1 Å². The van der Waals surface area contributed by atoms with Gasteiger partial charge in [0, 0.05) is 61.3 Å². The van der Waals surface area contributed by atoms with E-state index in [0.717, 1.165) is 27.8 Å². The van der Waals surface area contributed by atoms with E-state index in [2.05, 4.69) is 47.4 Å². The molecule has 12 nitrogen and oxygen atoms in total. The van der Waals surface area contributed by atoms with Crippen LogP contribution in [0.3, 0.4) is 0 Å². The van der Waals surface area contributed by atoms with Gasteiger partial charge in [0.15, 0.2) is 0 Å². The van der Waals surface area contributed by atoms with Crippen molar-refractivity contribution in [2.75, 3.05) is 48.9 Å². The number of fused-ring (bicyclic) bond motifs is 1. The number of aromatic amines is 1. The van der Waals surface area contributed by atoms with Crippen LogP contribution in [0.25, 0.3) is 28.2 Å². The van der Waals surface area contributed by atoms with Crippen molar-refractivity contribution < 1.29 is 14.3 Å². The number of aromatic nitrogens is 5. The maximum atomic E-state index is 13.3. The third-order valence-electron chi connectivity index (χ3n) is 7.18. The number of ether oxygens (including phenoxy) is 2. The van der Waals surface area contributed by atoms with Gasteiger partial charge in [-0.05, 0) is 30.3 Å². The Labute approximate surface area is 247 Å². The molecule has 12 heteroatoms. The number of carbonyl (C=O) groups excluding carboxylic acids is 1. The minimum atomic E-state index is -0.558. The van der Waals surface area contributed by atoms with Crippen molar-refractivity contribution in [3.63, 3.8) is 0 Å². The lowest BCUT2D eigenvalue weighted by Crippen LogP contribution is -2.36. The first-order valence-corrected chi connectivity index (χ1v) is 13.7. The van der Waals surface area contributed by atoms with Crippen molar-refractivity contribution in [1.29, 1.82) is 5.26 Å². The lowest BCUT2D eigenvalue weighted by molar-refractivity contribution is -0.112. The Hall–Kier alpha value is -5.67. The first-order chi connectivity index (χ1) is 21.0. The van der Waals surface area contributed by atoms with Crippen molar-refractivity contribution in [3.05, 3.63) is 78.4 Å². The van der Waals surface area contributed by atoms with Gasteiger partial charge in [-0.1, -0.05) is 18.2 Å². The number of morpholine rings is 1. The van der Waals surface area contributed by atoms with Gasteiger partial charge in [-0.25, -0.2) is 9.97 Å². The summed E-state index contributed by atoms with van der Waals surface area (Å²) < 4.78 is 13.4. The molecule has 0 bridgehead atoms. The predicted octanol–water partition coefficient (Wildman–Crippen LogP) is 4.49. The summed E-state index contributed by atoms with van der Waals surface area (Å²) in [5, 5.41) is 23.6. The zero-order valence-electron chi connectivity index (χ0n) is 23.7. The standard InChI is InChI=1S/C31H29N9O3/c1-39-19-23(22-5-3-4-6-27(22)39)24-8-9-33-31(36-24)37-26-16-25(28(17-29(26)42-2)40-11-13-43-14-12-40)35-30(41)20(18-32)15-21-7-10-34-38-21/h3-10,15-17,19H,11-14H2,1-2H3,(H,34,38)(H,35,41)(H,33,36,37). The van der Waals surface area contributed by atoms with Gasteiger partial charge < -0.3 is 29.6 Å². The van der Waals surface area contributed by atoms with Gasteiger partial charge in [-0.15, -0.1) is 0 Å². The fourth-order valence-electron chi connectivity index (χ4n) is 5.08. The number of anilines is 4. The van der Waals surface area contributed by atoms with Crippen LogP contribution in [0.15, 0.2) is 72.7 Å². The van der Waals surface area contributed by atoms with E-state index in [-0.39, 0.29) is 5.57 Å². The lowest BCUT2D eigenvalue weighted by atomic mass is 10.1. The van der Waals surface area contributed by atoms with Crippen molar-refractivity contribution in [3.8, 4) is 23.1 Å². The monoisotopic (exact) mass is 575 g/mol. The van der Waals surface area contributed by atoms with Gasteiger partial charge in [-0.2, -0.15) is 10.4 Å². The SMILES string of the molecule is COc1cc(N2CCOCC2)c(NC(=O)C(C#N)=Cc2ccn[nH]2)cc1Nc1nccc(-c2cn(C)c3ccccc23)n1. The second-order valence-corrected chi connectivity index (χ2v) is 9.87. The van der Waals surface area contributed by atoms with Gasteiger partial charge in [-0.3, -0.25) is 9.89 Å². The molecule has 1 saturated heterocycles. The van der Waals surface area contributed by atoms with E-state index in [1.54, 1.807) is 31.6 Å². The number of nitriles is 1. The number of nitrogens with one attached hydrogen (secondary N) is 3. The number of hydrogen-bond donors (Lipinski definition) is 3. The summed E-state index contributed by atoms with van der Waals surface area (Å²) in [6.45, 7) is 2.36. The molecule has 1 aliphatic heterocycles. The fourth-order valence-corrected chi connectivity index (χ4v) is 5.08. The number of amides is 1. The number of benzene rings is 2. The van der Waals surface area contributed by atoms with Crippen LogP contribution in [0.1, 0.15) is 5.69 Å². The molecular weight excluding hydrogens is 546 g/mol. The second kappa shape index (κ2) is 12.1. The molecule has 216 valence electrons. The van der Waals surface area contributed by atoms with Crippen molar-refractivity contribution in [1.82, 2.24) is 24.7 Å². The molecule has 3 aromatic heterocycles. The van der Waals surface area contributed by atoms with Crippen LogP contribution in [-0.4, -0.2) is 64.1 Å². The number of para-hydroxylation sites is 1. The first kappa shape index (κ1) is 27.5. The Kier molecular flexibility index (Phi) is 7.71. The molecule has 3 N–H and O–H groups in total. The average molecular weight is 576 g/mol. The van der Waals surface area contributed by atoms with E-state index < -0.39 is 5.91 Å². The molecule has 4 heterocycles. The molecule has 6 rings (SSSR count). The maximum Gasteiger partial charge on any atom is 0.266 e. The Morgan fingerprint density at radius 2 is 1.98 bits per heavy atom. The topological polar surface area (TPSA) is 146 Å². The minimum Gasteiger partial charge on any atom is -0.494 e. The number of hydrogen-bond acceptors (Lipinski definition) is 9. The summed E-state index contributed by atoms with van der Waals surface area (Å²) in [6.07, 6.45) is 6.74. The summed E-state index contributed by atoms with van der Waals surface area (Å²) in [5.41, 5.74) is 5.09. The third kappa shape index (κ3) is 5.74. The number of aryl methyl sites for hydroxylation is 1. The van der Waals surface area contributed by atoms with Crippen LogP contribution < -0.4 is 20.3 Å².